The lowest BCUT2D eigenvalue weighted by molar-refractivity contribution is 0.0922. The monoisotopic (exact) mass is 292 g/mol. The minimum absolute atomic E-state index is 0.00320. The van der Waals surface area contributed by atoms with E-state index in [2.05, 4.69) is 5.32 Å². The Morgan fingerprint density at radius 1 is 1.39 bits per heavy atom. The number of nitrogens with one attached hydrogen (secondary N) is 1. The fourth-order valence-electron chi connectivity index (χ4n) is 1.34. The minimum Gasteiger partial charge on any atom is -0.348 e. The summed E-state index contributed by atoms with van der Waals surface area (Å²) in [5, 5.41) is 2.80. The van der Waals surface area contributed by atoms with Gasteiger partial charge in [0.05, 0.1) is 0 Å². The molecule has 7 heteroatoms. The summed E-state index contributed by atoms with van der Waals surface area (Å²) in [6.07, 6.45) is 1.32. The first kappa shape index (κ1) is 15.0. The zero-order chi connectivity index (χ0) is 14.1. The molecular formula is C11H17ClN2O3S. The lowest BCUT2D eigenvalue weighted by atomic mass is 10.1. The van der Waals surface area contributed by atoms with Crippen LogP contribution in [0.1, 0.15) is 31.3 Å². The summed E-state index contributed by atoms with van der Waals surface area (Å²) in [4.78, 5) is 11.9. The minimum atomic E-state index is -3.81. The highest BCUT2D eigenvalue weighted by molar-refractivity contribution is 8.13. The van der Waals surface area contributed by atoms with E-state index in [1.165, 1.54) is 16.8 Å². The Balaban J connectivity index is 2.98. The SMILES string of the molecule is CC(C)C(C)NC(=O)c1cc(S(=O)(=O)Cl)cn1C. The van der Waals surface area contributed by atoms with Gasteiger partial charge in [-0.25, -0.2) is 8.42 Å². The molecule has 0 fully saturated rings. The van der Waals surface area contributed by atoms with E-state index in [-0.39, 0.29) is 22.5 Å². The third-order valence-electron chi connectivity index (χ3n) is 2.85. The van der Waals surface area contributed by atoms with Gasteiger partial charge < -0.3 is 9.88 Å². The smallest absolute Gasteiger partial charge is 0.268 e. The van der Waals surface area contributed by atoms with Crippen LogP contribution in [-0.4, -0.2) is 24.9 Å². The van der Waals surface area contributed by atoms with Crippen LogP contribution in [0.15, 0.2) is 17.2 Å². The Kier molecular flexibility index (Phi) is 4.45. The van der Waals surface area contributed by atoms with Gasteiger partial charge in [0.15, 0.2) is 0 Å². The normalized spacial score (nSPS) is 13.7. The summed E-state index contributed by atoms with van der Waals surface area (Å²) in [5.74, 6) is -0.0179. The van der Waals surface area contributed by atoms with Crippen molar-refractivity contribution < 1.29 is 13.2 Å². The third kappa shape index (κ3) is 3.49. The first-order chi connectivity index (χ1) is 8.12. The molecule has 1 unspecified atom stereocenters. The van der Waals surface area contributed by atoms with Crippen molar-refractivity contribution in [2.45, 2.75) is 31.7 Å². The summed E-state index contributed by atoms with van der Waals surface area (Å²) in [7, 11) is 3.02. The molecule has 18 heavy (non-hydrogen) atoms. The van der Waals surface area contributed by atoms with Gasteiger partial charge in [0.25, 0.3) is 15.0 Å². The van der Waals surface area contributed by atoms with E-state index < -0.39 is 9.05 Å². The maximum atomic E-state index is 12.0. The number of amides is 1. The van der Waals surface area contributed by atoms with Crippen molar-refractivity contribution in [3.8, 4) is 0 Å². The number of nitrogens with zero attached hydrogens (tertiary/aromatic N) is 1. The molecule has 1 rings (SSSR count). The van der Waals surface area contributed by atoms with Gasteiger partial charge in [0.2, 0.25) is 0 Å². The molecule has 5 nitrogen and oxygen atoms in total. The molecule has 0 aliphatic heterocycles. The molecule has 0 bridgehead atoms. The Bertz CT molecular complexity index is 549. The van der Waals surface area contributed by atoms with E-state index in [4.69, 9.17) is 10.7 Å². The molecule has 1 amide bonds. The number of halogens is 1. The van der Waals surface area contributed by atoms with Gasteiger partial charge in [-0.05, 0) is 18.9 Å². The van der Waals surface area contributed by atoms with Crippen LogP contribution in [0.25, 0.3) is 0 Å². The first-order valence-electron chi connectivity index (χ1n) is 5.54. The summed E-state index contributed by atoms with van der Waals surface area (Å²) >= 11 is 0. The quantitative estimate of drug-likeness (QED) is 0.859. The largest absolute Gasteiger partial charge is 0.348 e. The van der Waals surface area contributed by atoms with Crippen molar-refractivity contribution >= 4 is 25.6 Å². The second-order valence-corrected chi connectivity index (χ2v) is 7.18. The Hall–Kier alpha value is -1.01. The fraction of sp³-hybridized carbons (Fsp3) is 0.545. The predicted octanol–water partition coefficient (Wildman–Crippen LogP) is 1.73. The lowest BCUT2D eigenvalue weighted by Gasteiger charge is -2.17. The van der Waals surface area contributed by atoms with Crippen molar-refractivity contribution in [3.63, 3.8) is 0 Å². The molecule has 1 heterocycles. The van der Waals surface area contributed by atoms with Gasteiger partial charge in [0.1, 0.15) is 10.6 Å². The molecule has 102 valence electrons. The Morgan fingerprint density at radius 3 is 2.33 bits per heavy atom. The van der Waals surface area contributed by atoms with E-state index in [0.717, 1.165) is 0 Å². The molecule has 1 atom stereocenters. The van der Waals surface area contributed by atoms with Gasteiger partial charge in [-0.15, -0.1) is 0 Å². The molecule has 0 saturated carbocycles. The van der Waals surface area contributed by atoms with Crippen LogP contribution in [0.5, 0.6) is 0 Å². The number of hydrogen-bond acceptors (Lipinski definition) is 3. The molecule has 1 aromatic rings. The van der Waals surface area contributed by atoms with Crippen LogP contribution >= 0.6 is 10.7 Å². The van der Waals surface area contributed by atoms with Crippen molar-refractivity contribution in [1.29, 1.82) is 0 Å². The molecule has 1 N–H and O–H groups in total. The third-order valence-corrected chi connectivity index (χ3v) is 4.17. The van der Waals surface area contributed by atoms with E-state index >= 15 is 0 Å². The summed E-state index contributed by atoms with van der Waals surface area (Å²) in [5.41, 5.74) is 0.265. The van der Waals surface area contributed by atoms with E-state index in [9.17, 15) is 13.2 Å². The second-order valence-electron chi connectivity index (χ2n) is 4.62. The number of aryl methyl sites for hydroxylation is 1. The zero-order valence-corrected chi connectivity index (χ0v) is 12.3. The molecule has 0 aromatic carbocycles. The van der Waals surface area contributed by atoms with Crippen molar-refractivity contribution in [3.05, 3.63) is 18.0 Å². The molecule has 0 spiro atoms. The Morgan fingerprint density at radius 2 is 1.94 bits per heavy atom. The van der Waals surface area contributed by atoms with E-state index in [1.807, 2.05) is 20.8 Å². The standard InChI is InChI=1S/C11H17ClN2O3S/c1-7(2)8(3)13-11(15)10-5-9(6-14(10)4)18(12,16)17/h5-8H,1-4H3,(H,13,15). The van der Waals surface area contributed by atoms with Crippen molar-refractivity contribution in [2.24, 2.45) is 13.0 Å². The van der Waals surface area contributed by atoms with Crippen LogP contribution in [-0.2, 0) is 16.1 Å². The van der Waals surface area contributed by atoms with Crippen LogP contribution < -0.4 is 5.32 Å². The maximum Gasteiger partial charge on any atom is 0.268 e. The van der Waals surface area contributed by atoms with Crippen molar-refractivity contribution in [1.82, 2.24) is 9.88 Å². The highest BCUT2D eigenvalue weighted by Crippen LogP contribution is 2.18. The summed E-state index contributed by atoms with van der Waals surface area (Å²) in [6.45, 7) is 5.87. The van der Waals surface area contributed by atoms with Gasteiger partial charge in [0, 0.05) is 30.0 Å². The zero-order valence-electron chi connectivity index (χ0n) is 10.8. The van der Waals surface area contributed by atoms with E-state index in [0.29, 0.717) is 5.92 Å². The molecule has 1 aromatic heterocycles. The van der Waals surface area contributed by atoms with Crippen LogP contribution in [0.2, 0.25) is 0 Å². The molecule has 0 aliphatic carbocycles. The van der Waals surface area contributed by atoms with Crippen molar-refractivity contribution in [2.75, 3.05) is 0 Å². The van der Waals surface area contributed by atoms with E-state index in [1.54, 1.807) is 7.05 Å². The van der Waals surface area contributed by atoms with Crippen LogP contribution in [0.4, 0.5) is 0 Å². The van der Waals surface area contributed by atoms with Crippen LogP contribution in [0, 0.1) is 5.92 Å². The van der Waals surface area contributed by atoms with Gasteiger partial charge in [-0.3, -0.25) is 4.79 Å². The molecular weight excluding hydrogens is 276 g/mol. The number of rotatable bonds is 4. The van der Waals surface area contributed by atoms with Gasteiger partial charge >= 0.3 is 0 Å². The number of carbonyl (C=O) groups is 1. The average molecular weight is 293 g/mol. The highest BCUT2D eigenvalue weighted by Gasteiger charge is 2.20. The fourth-order valence-corrected chi connectivity index (χ4v) is 2.13. The summed E-state index contributed by atoms with van der Waals surface area (Å²) < 4.78 is 23.8. The highest BCUT2D eigenvalue weighted by atomic mass is 35.7. The first-order valence-corrected chi connectivity index (χ1v) is 7.85. The second kappa shape index (κ2) is 5.32. The molecule has 0 saturated heterocycles. The van der Waals surface area contributed by atoms with Gasteiger partial charge in [-0.1, -0.05) is 13.8 Å². The lowest BCUT2D eigenvalue weighted by Crippen LogP contribution is -2.36. The number of hydrogen-bond donors (Lipinski definition) is 1. The summed E-state index contributed by atoms with van der Waals surface area (Å²) in [6, 6.07) is 1.27. The Labute approximate surface area is 112 Å². The average Bonchev–Trinajstić information content (AvgIpc) is 2.59. The van der Waals surface area contributed by atoms with Crippen LogP contribution in [0.3, 0.4) is 0 Å². The molecule has 0 aliphatic rings. The topological polar surface area (TPSA) is 68.2 Å². The number of carbonyl (C=O) groups excluding carboxylic acids is 1. The van der Waals surface area contributed by atoms with Gasteiger partial charge in [-0.2, -0.15) is 0 Å². The predicted molar refractivity (Wildman–Crippen MR) is 70.2 cm³/mol. The number of aromatic nitrogens is 1. The maximum absolute atomic E-state index is 12.0. The molecule has 0 radical (unpaired) electrons.